The second kappa shape index (κ2) is 6.83. The SMILES string of the molecule is CSCCCCCNc1cc(=O)[nH]c(C2CC2)n1. The third kappa shape index (κ3) is 4.37. The number of thioether (sulfide) groups is 1. The van der Waals surface area contributed by atoms with Crippen LogP contribution in [0, 0.1) is 0 Å². The molecule has 1 aromatic rings. The number of unbranched alkanes of at least 4 members (excludes halogenated alkanes) is 2. The van der Waals surface area contributed by atoms with Gasteiger partial charge in [0.1, 0.15) is 11.6 Å². The summed E-state index contributed by atoms with van der Waals surface area (Å²) < 4.78 is 0. The highest BCUT2D eigenvalue weighted by Gasteiger charge is 2.26. The van der Waals surface area contributed by atoms with Gasteiger partial charge in [0.05, 0.1) is 0 Å². The van der Waals surface area contributed by atoms with E-state index in [1.807, 2.05) is 11.8 Å². The average Bonchev–Trinajstić information content (AvgIpc) is 3.17. The van der Waals surface area contributed by atoms with Crippen LogP contribution in [0.1, 0.15) is 43.8 Å². The van der Waals surface area contributed by atoms with Crippen LogP contribution in [0.25, 0.3) is 0 Å². The molecule has 4 nitrogen and oxygen atoms in total. The first kappa shape index (κ1) is 13.5. The molecule has 1 saturated carbocycles. The highest BCUT2D eigenvalue weighted by atomic mass is 32.2. The van der Waals surface area contributed by atoms with E-state index in [4.69, 9.17) is 0 Å². The van der Waals surface area contributed by atoms with E-state index in [9.17, 15) is 4.79 Å². The molecule has 1 aliphatic rings. The summed E-state index contributed by atoms with van der Waals surface area (Å²) in [5, 5.41) is 3.25. The number of nitrogens with one attached hydrogen (secondary N) is 2. The summed E-state index contributed by atoms with van der Waals surface area (Å²) in [6.07, 6.45) is 8.07. The van der Waals surface area contributed by atoms with E-state index in [1.165, 1.54) is 18.6 Å². The number of hydrogen-bond donors (Lipinski definition) is 2. The number of hydrogen-bond acceptors (Lipinski definition) is 4. The van der Waals surface area contributed by atoms with Gasteiger partial charge in [-0.2, -0.15) is 11.8 Å². The first-order chi connectivity index (χ1) is 8.79. The quantitative estimate of drug-likeness (QED) is 0.711. The first-order valence-electron chi connectivity index (χ1n) is 6.63. The summed E-state index contributed by atoms with van der Waals surface area (Å²) >= 11 is 1.89. The molecule has 2 N–H and O–H groups in total. The Bertz CT molecular complexity index is 428. The van der Waals surface area contributed by atoms with Crippen LogP contribution in [0.15, 0.2) is 10.9 Å². The zero-order valence-electron chi connectivity index (χ0n) is 10.9. The van der Waals surface area contributed by atoms with E-state index < -0.39 is 0 Å². The molecular weight excluding hydrogens is 246 g/mol. The Morgan fingerprint density at radius 1 is 1.44 bits per heavy atom. The molecule has 2 rings (SSSR count). The maximum atomic E-state index is 11.5. The number of rotatable bonds is 8. The summed E-state index contributed by atoms with van der Waals surface area (Å²) in [6.45, 7) is 0.898. The zero-order valence-corrected chi connectivity index (χ0v) is 11.7. The Morgan fingerprint density at radius 2 is 2.28 bits per heavy atom. The average molecular weight is 267 g/mol. The van der Waals surface area contributed by atoms with E-state index in [0.29, 0.717) is 5.92 Å². The van der Waals surface area contributed by atoms with Crippen molar-refractivity contribution < 1.29 is 0 Å². The molecule has 0 radical (unpaired) electrons. The molecule has 0 bridgehead atoms. The molecule has 18 heavy (non-hydrogen) atoms. The molecule has 5 heteroatoms. The largest absolute Gasteiger partial charge is 0.370 e. The van der Waals surface area contributed by atoms with Crippen molar-refractivity contribution in [2.75, 3.05) is 23.9 Å². The Balaban J connectivity index is 1.76. The minimum atomic E-state index is -0.0446. The predicted molar refractivity (Wildman–Crippen MR) is 77.6 cm³/mol. The van der Waals surface area contributed by atoms with E-state index in [-0.39, 0.29) is 5.56 Å². The number of aromatic amines is 1. The fourth-order valence-corrected chi connectivity index (χ4v) is 2.37. The maximum absolute atomic E-state index is 11.5. The van der Waals surface area contributed by atoms with E-state index >= 15 is 0 Å². The van der Waals surface area contributed by atoms with E-state index in [0.717, 1.165) is 37.4 Å². The van der Waals surface area contributed by atoms with Crippen molar-refractivity contribution >= 4 is 17.6 Å². The Morgan fingerprint density at radius 3 is 3.00 bits per heavy atom. The van der Waals surface area contributed by atoms with Crippen LogP contribution in [0.3, 0.4) is 0 Å². The van der Waals surface area contributed by atoms with E-state index in [2.05, 4.69) is 21.5 Å². The summed E-state index contributed by atoms with van der Waals surface area (Å²) in [5.41, 5.74) is -0.0446. The lowest BCUT2D eigenvalue weighted by Crippen LogP contribution is -2.13. The minimum absolute atomic E-state index is 0.0446. The van der Waals surface area contributed by atoms with Gasteiger partial charge in [-0.3, -0.25) is 4.79 Å². The van der Waals surface area contributed by atoms with Gasteiger partial charge in [0.25, 0.3) is 5.56 Å². The number of aromatic nitrogens is 2. The summed E-state index contributed by atoms with van der Waals surface area (Å²) in [7, 11) is 0. The molecule has 0 aromatic carbocycles. The monoisotopic (exact) mass is 267 g/mol. The van der Waals surface area contributed by atoms with Gasteiger partial charge in [0.15, 0.2) is 0 Å². The topological polar surface area (TPSA) is 57.8 Å². The molecule has 1 aromatic heterocycles. The molecule has 0 saturated heterocycles. The van der Waals surface area contributed by atoms with Crippen LogP contribution in [0.4, 0.5) is 5.82 Å². The third-order valence-corrected chi connectivity index (χ3v) is 3.75. The summed E-state index contributed by atoms with van der Waals surface area (Å²) in [4.78, 5) is 18.8. The fourth-order valence-electron chi connectivity index (χ4n) is 1.88. The smallest absolute Gasteiger partial charge is 0.252 e. The normalized spacial score (nSPS) is 14.7. The summed E-state index contributed by atoms with van der Waals surface area (Å²) in [6, 6.07) is 1.55. The van der Waals surface area contributed by atoms with Crippen molar-refractivity contribution in [3.8, 4) is 0 Å². The van der Waals surface area contributed by atoms with Crippen molar-refractivity contribution in [3.63, 3.8) is 0 Å². The van der Waals surface area contributed by atoms with Crippen molar-refractivity contribution in [2.24, 2.45) is 0 Å². The van der Waals surface area contributed by atoms with Gasteiger partial charge in [-0.25, -0.2) is 4.98 Å². The lowest BCUT2D eigenvalue weighted by atomic mass is 10.2. The molecule has 0 unspecified atom stereocenters. The molecule has 1 aliphatic carbocycles. The van der Waals surface area contributed by atoms with Gasteiger partial charge in [0.2, 0.25) is 0 Å². The fraction of sp³-hybridized carbons (Fsp3) is 0.692. The maximum Gasteiger partial charge on any atom is 0.252 e. The van der Waals surface area contributed by atoms with Crippen molar-refractivity contribution in [2.45, 2.75) is 38.0 Å². The molecule has 0 atom stereocenters. The third-order valence-electron chi connectivity index (χ3n) is 3.06. The van der Waals surface area contributed by atoms with Gasteiger partial charge in [-0.1, -0.05) is 6.42 Å². The summed E-state index contributed by atoms with van der Waals surface area (Å²) in [5.74, 6) is 3.30. The van der Waals surface area contributed by atoms with Gasteiger partial charge in [-0.05, 0) is 37.7 Å². The van der Waals surface area contributed by atoms with E-state index in [1.54, 1.807) is 6.07 Å². The molecule has 1 fully saturated rings. The molecule has 0 spiro atoms. The van der Waals surface area contributed by atoms with Crippen molar-refractivity contribution in [1.29, 1.82) is 0 Å². The van der Waals surface area contributed by atoms with Crippen LogP contribution >= 0.6 is 11.8 Å². The second-order valence-electron chi connectivity index (χ2n) is 4.77. The van der Waals surface area contributed by atoms with Crippen LogP contribution in [0.5, 0.6) is 0 Å². The van der Waals surface area contributed by atoms with Crippen molar-refractivity contribution in [3.05, 3.63) is 22.2 Å². The van der Waals surface area contributed by atoms with Crippen LogP contribution in [-0.4, -0.2) is 28.5 Å². The molecule has 0 aliphatic heterocycles. The van der Waals surface area contributed by atoms with Crippen molar-refractivity contribution in [1.82, 2.24) is 9.97 Å². The van der Waals surface area contributed by atoms with Crippen LogP contribution in [-0.2, 0) is 0 Å². The number of nitrogens with zero attached hydrogens (tertiary/aromatic N) is 1. The molecule has 100 valence electrons. The molecular formula is C13H21N3OS. The van der Waals surface area contributed by atoms with Gasteiger partial charge < -0.3 is 10.3 Å². The molecule has 0 amide bonds. The molecule has 1 heterocycles. The zero-order chi connectivity index (χ0) is 12.8. The standard InChI is InChI=1S/C13H21N3OS/c1-18-8-4-2-3-7-14-11-9-12(17)16-13(15-11)10-5-6-10/h9-10H,2-8H2,1H3,(H2,14,15,16,17). The lowest BCUT2D eigenvalue weighted by Gasteiger charge is -2.06. The highest BCUT2D eigenvalue weighted by Crippen LogP contribution is 2.37. The van der Waals surface area contributed by atoms with Gasteiger partial charge >= 0.3 is 0 Å². The Hall–Kier alpha value is -0.970. The predicted octanol–water partition coefficient (Wildman–Crippen LogP) is 2.59. The lowest BCUT2D eigenvalue weighted by molar-refractivity contribution is 0.746. The minimum Gasteiger partial charge on any atom is -0.370 e. The Kier molecular flexibility index (Phi) is 5.11. The number of anilines is 1. The van der Waals surface area contributed by atoms with Gasteiger partial charge in [0, 0.05) is 18.5 Å². The first-order valence-corrected chi connectivity index (χ1v) is 8.03. The second-order valence-corrected chi connectivity index (χ2v) is 5.76. The Labute approximate surface area is 112 Å². The van der Waals surface area contributed by atoms with Crippen LogP contribution < -0.4 is 10.9 Å². The van der Waals surface area contributed by atoms with Crippen LogP contribution in [0.2, 0.25) is 0 Å². The highest BCUT2D eigenvalue weighted by molar-refractivity contribution is 7.98. The number of H-pyrrole nitrogens is 1. The van der Waals surface area contributed by atoms with Gasteiger partial charge in [-0.15, -0.1) is 0 Å².